The van der Waals surface area contributed by atoms with E-state index in [4.69, 9.17) is 0 Å². The average molecular weight is 289 g/mol. The van der Waals surface area contributed by atoms with Crippen LogP contribution in [0.15, 0.2) is 12.1 Å². The number of hydrogen-bond acceptors (Lipinski definition) is 3. The topological polar surface area (TPSA) is 28.2 Å². The second kappa shape index (κ2) is 6.33. The second-order valence-electron chi connectivity index (χ2n) is 5.44. The molecule has 114 valence electrons. The number of nitrogens with one attached hydrogen (secondary N) is 1. The van der Waals surface area contributed by atoms with Crippen molar-refractivity contribution in [3.8, 4) is 0 Å². The van der Waals surface area contributed by atoms with Crippen LogP contribution in [0.3, 0.4) is 0 Å². The predicted octanol–water partition coefficient (Wildman–Crippen LogP) is 4.01. The van der Waals surface area contributed by atoms with Crippen LogP contribution in [0.2, 0.25) is 0 Å². The van der Waals surface area contributed by atoms with Crippen LogP contribution in [-0.4, -0.2) is 25.1 Å². The monoisotopic (exact) mass is 289 g/mol. The van der Waals surface area contributed by atoms with Gasteiger partial charge in [0.15, 0.2) is 0 Å². The summed E-state index contributed by atoms with van der Waals surface area (Å²) in [5, 5.41) is 2.68. The van der Waals surface area contributed by atoms with Gasteiger partial charge in [-0.05, 0) is 31.4 Å². The van der Waals surface area contributed by atoms with Crippen molar-refractivity contribution in [2.24, 2.45) is 5.92 Å². The van der Waals surface area contributed by atoms with Crippen LogP contribution in [0.5, 0.6) is 0 Å². The third-order valence-corrected chi connectivity index (χ3v) is 3.23. The highest BCUT2D eigenvalue weighted by Gasteiger charge is 2.32. The average Bonchev–Trinajstić information content (AvgIpc) is 2.35. The molecular weight excluding hydrogens is 267 g/mol. The summed E-state index contributed by atoms with van der Waals surface area (Å²) in [5.74, 6) is 1.03. The molecule has 0 saturated heterocycles. The third-order valence-electron chi connectivity index (χ3n) is 3.23. The molecule has 3 nitrogen and oxygen atoms in total. The van der Waals surface area contributed by atoms with Crippen LogP contribution in [0, 0.1) is 5.92 Å². The van der Waals surface area contributed by atoms with Gasteiger partial charge in [-0.1, -0.05) is 13.8 Å². The van der Waals surface area contributed by atoms with Gasteiger partial charge in [0.2, 0.25) is 0 Å². The van der Waals surface area contributed by atoms with Gasteiger partial charge in [-0.3, -0.25) is 0 Å². The van der Waals surface area contributed by atoms with Gasteiger partial charge in [0.25, 0.3) is 0 Å². The van der Waals surface area contributed by atoms with E-state index in [1.54, 1.807) is 19.0 Å². The molecule has 6 heteroatoms. The molecule has 1 rings (SSSR count). The summed E-state index contributed by atoms with van der Waals surface area (Å²) in [7, 11) is 3.33. The molecule has 1 heterocycles. The van der Waals surface area contributed by atoms with Crippen molar-refractivity contribution in [1.29, 1.82) is 0 Å². The van der Waals surface area contributed by atoms with Gasteiger partial charge in [0, 0.05) is 20.1 Å². The second-order valence-corrected chi connectivity index (χ2v) is 5.44. The standard InChI is InChI=1S/C14H22F3N3/c1-9(2)6-10(3)20(5)13-8-11(14(15,16)17)7-12(18-4)19-13/h7-10H,6H2,1-5H3,(H,18,19). The highest BCUT2D eigenvalue weighted by molar-refractivity contribution is 5.51. The maximum absolute atomic E-state index is 12.9. The van der Waals surface area contributed by atoms with E-state index >= 15 is 0 Å². The quantitative estimate of drug-likeness (QED) is 0.887. The van der Waals surface area contributed by atoms with Gasteiger partial charge >= 0.3 is 6.18 Å². The van der Waals surface area contributed by atoms with E-state index in [1.165, 1.54) is 0 Å². The summed E-state index contributed by atoms with van der Waals surface area (Å²) in [6, 6.07) is 2.23. The molecule has 1 aromatic rings. The number of halogens is 3. The molecule has 1 unspecified atom stereocenters. The minimum Gasteiger partial charge on any atom is -0.373 e. The predicted molar refractivity (Wildman–Crippen MR) is 76.1 cm³/mol. The number of pyridine rings is 1. The molecule has 0 spiro atoms. The first-order valence-corrected chi connectivity index (χ1v) is 6.65. The van der Waals surface area contributed by atoms with Gasteiger partial charge in [-0.25, -0.2) is 4.98 Å². The lowest BCUT2D eigenvalue weighted by Gasteiger charge is -2.28. The van der Waals surface area contributed by atoms with E-state index in [0.717, 1.165) is 18.6 Å². The molecule has 0 bridgehead atoms. The Morgan fingerprint density at radius 2 is 1.85 bits per heavy atom. The van der Waals surface area contributed by atoms with Crippen LogP contribution in [0.4, 0.5) is 24.8 Å². The highest BCUT2D eigenvalue weighted by Crippen LogP contribution is 2.33. The minimum atomic E-state index is -4.37. The Bertz CT molecular complexity index is 444. The van der Waals surface area contributed by atoms with Crippen LogP contribution in [0.25, 0.3) is 0 Å². The Kier molecular flexibility index (Phi) is 5.25. The fourth-order valence-electron chi connectivity index (χ4n) is 2.05. The van der Waals surface area contributed by atoms with E-state index in [9.17, 15) is 13.2 Å². The Morgan fingerprint density at radius 3 is 2.30 bits per heavy atom. The van der Waals surface area contributed by atoms with Gasteiger partial charge in [-0.15, -0.1) is 0 Å². The number of rotatable bonds is 5. The molecular formula is C14H22F3N3. The van der Waals surface area contributed by atoms with Gasteiger partial charge < -0.3 is 10.2 Å². The number of nitrogens with zero attached hydrogens (tertiary/aromatic N) is 2. The van der Waals surface area contributed by atoms with Crippen molar-refractivity contribution < 1.29 is 13.2 Å². The minimum absolute atomic E-state index is 0.121. The summed E-state index contributed by atoms with van der Waals surface area (Å²) in [4.78, 5) is 6.00. The highest BCUT2D eigenvalue weighted by atomic mass is 19.4. The van der Waals surface area contributed by atoms with Crippen molar-refractivity contribution in [3.63, 3.8) is 0 Å². The SMILES string of the molecule is CNc1cc(C(F)(F)F)cc(N(C)C(C)CC(C)C)n1. The van der Waals surface area contributed by atoms with Crippen molar-refractivity contribution in [2.75, 3.05) is 24.3 Å². The number of aromatic nitrogens is 1. The van der Waals surface area contributed by atoms with Gasteiger partial charge in [0.05, 0.1) is 5.56 Å². The zero-order chi connectivity index (χ0) is 15.5. The van der Waals surface area contributed by atoms with E-state index in [1.807, 2.05) is 6.92 Å². The van der Waals surface area contributed by atoms with Crippen molar-refractivity contribution in [2.45, 2.75) is 39.4 Å². The summed E-state index contributed by atoms with van der Waals surface area (Å²) < 4.78 is 38.7. The largest absolute Gasteiger partial charge is 0.416 e. The van der Waals surface area contributed by atoms with E-state index in [-0.39, 0.29) is 11.9 Å². The zero-order valence-corrected chi connectivity index (χ0v) is 12.5. The fraction of sp³-hybridized carbons (Fsp3) is 0.643. The number of anilines is 2. The molecule has 1 atom stereocenters. The molecule has 0 fully saturated rings. The lowest BCUT2D eigenvalue weighted by molar-refractivity contribution is -0.137. The summed E-state index contributed by atoms with van der Waals surface area (Å²) in [6.45, 7) is 6.16. The first-order valence-electron chi connectivity index (χ1n) is 6.65. The summed E-state index contributed by atoms with van der Waals surface area (Å²) in [6.07, 6.45) is -3.48. The van der Waals surface area contributed by atoms with Gasteiger partial charge in [-0.2, -0.15) is 13.2 Å². The van der Waals surface area contributed by atoms with Crippen LogP contribution < -0.4 is 10.2 Å². The molecule has 20 heavy (non-hydrogen) atoms. The smallest absolute Gasteiger partial charge is 0.373 e. The maximum Gasteiger partial charge on any atom is 0.416 e. The molecule has 0 aromatic carbocycles. The van der Waals surface area contributed by atoms with E-state index in [0.29, 0.717) is 11.7 Å². The number of alkyl halides is 3. The normalized spacial score (nSPS) is 13.4. The maximum atomic E-state index is 12.9. The molecule has 0 aliphatic heterocycles. The molecule has 0 radical (unpaired) electrons. The Balaban J connectivity index is 3.10. The molecule has 1 aromatic heterocycles. The van der Waals surface area contributed by atoms with Crippen LogP contribution in [0.1, 0.15) is 32.8 Å². The Morgan fingerprint density at radius 1 is 1.25 bits per heavy atom. The van der Waals surface area contributed by atoms with E-state index in [2.05, 4.69) is 24.1 Å². The summed E-state index contributed by atoms with van der Waals surface area (Å²) >= 11 is 0. The Labute approximate surface area is 118 Å². The molecule has 0 aliphatic carbocycles. The first-order chi connectivity index (χ1) is 9.15. The summed E-state index contributed by atoms with van der Waals surface area (Å²) in [5.41, 5.74) is -0.685. The molecule has 0 saturated carbocycles. The van der Waals surface area contributed by atoms with Crippen LogP contribution >= 0.6 is 0 Å². The third kappa shape index (κ3) is 4.28. The fourth-order valence-corrected chi connectivity index (χ4v) is 2.05. The number of hydrogen-bond donors (Lipinski definition) is 1. The van der Waals surface area contributed by atoms with Crippen molar-refractivity contribution in [3.05, 3.63) is 17.7 Å². The van der Waals surface area contributed by atoms with Crippen molar-refractivity contribution in [1.82, 2.24) is 4.98 Å². The molecule has 0 aliphatic rings. The lowest BCUT2D eigenvalue weighted by atomic mass is 10.0. The molecule has 0 amide bonds. The first kappa shape index (κ1) is 16.6. The van der Waals surface area contributed by atoms with Crippen molar-refractivity contribution >= 4 is 11.6 Å². The van der Waals surface area contributed by atoms with Gasteiger partial charge in [0.1, 0.15) is 11.6 Å². The molecule has 1 N–H and O–H groups in total. The lowest BCUT2D eigenvalue weighted by Crippen LogP contribution is -2.31. The van der Waals surface area contributed by atoms with Crippen LogP contribution in [-0.2, 0) is 6.18 Å². The van der Waals surface area contributed by atoms with E-state index < -0.39 is 11.7 Å². The zero-order valence-electron chi connectivity index (χ0n) is 12.5. The Hall–Kier alpha value is -1.46.